The second-order valence-electron chi connectivity index (χ2n) is 7.24. The summed E-state index contributed by atoms with van der Waals surface area (Å²) in [5.74, 6) is 0.605. The van der Waals surface area contributed by atoms with Gasteiger partial charge in [0.25, 0.3) is 5.91 Å². The maximum absolute atomic E-state index is 13.2. The van der Waals surface area contributed by atoms with Crippen LogP contribution in [-0.2, 0) is 11.3 Å². The third-order valence-electron chi connectivity index (χ3n) is 4.93. The molecule has 1 aliphatic rings. The van der Waals surface area contributed by atoms with Crippen molar-refractivity contribution in [1.82, 2.24) is 15.1 Å². The Labute approximate surface area is 172 Å². The maximum Gasteiger partial charge on any atom is 0.254 e. The summed E-state index contributed by atoms with van der Waals surface area (Å²) in [7, 11) is 0. The van der Waals surface area contributed by atoms with E-state index >= 15 is 0 Å². The van der Waals surface area contributed by atoms with Crippen LogP contribution < -0.4 is 10.1 Å². The van der Waals surface area contributed by atoms with Gasteiger partial charge in [0.2, 0.25) is 5.91 Å². The van der Waals surface area contributed by atoms with Crippen molar-refractivity contribution in [2.75, 3.05) is 39.3 Å². The summed E-state index contributed by atoms with van der Waals surface area (Å²) in [6.07, 6.45) is 0. The SMILES string of the molecule is CCOc1cccc(CN(CC(=O)N2CCNCC2)C(=O)c2cccc(C)c2)c1. The fraction of sp³-hybridized carbons (Fsp3) is 0.391. The lowest BCUT2D eigenvalue weighted by Gasteiger charge is -2.30. The van der Waals surface area contributed by atoms with Crippen LogP contribution in [0.25, 0.3) is 0 Å². The fourth-order valence-electron chi connectivity index (χ4n) is 3.46. The van der Waals surface area contributed by atoms with E-state index < -0.39 is 0 Å². The molecule has 6 nitrogen and oxygen atoms in total. The highest BCUT2D eigenvalue weighted by Crippen LogP contribution is 2.17. The Hall–Kier alpha value is -2.86. The van der Waals surface area contributed by atoms with Gasteiger partial charge in [-0.25, -0.2) is 0 Å². The third kappa shape index (κ3) is 5.81. The van der Waals surface area contributed by atoms with Crippen LogP contribution in [0.1, 0.15) is 28.4 Å². The van der Waals surface area contributed by atoms with Crippen LogP contribution in [0.4, 0.5) is 0 Å². The van der Waals surface area contributed by atoms with Gasteiger partial charge in [0, 0.05) is 38.3 Å². The molecule has 1 aliphatic heterocycles. The van der Waals surface area contributed by atoms with Gasteiger partial charge >= 0.3 is 0 Å². The average Bonchev–Trinajstić information content (AvgIpc) is 2.74. The summed E-state index contributed by atoms with van der Waals surface area (Å²) < 4.78 is 5.58. The minimum Gasteiger partial charge on any atom is -0.494 e. The van der Waals surface area contributed by atoms with Crippen molar-refractivity contribution < 1.29 is 14.3 Å². The zero-order chi connectivity index (χ0) is 20.6. The first-order valence-corrected chi connectivity index (χ1v) is 10.1. The molecular formula is C23H29N3O3. The number of nitrogens with zero attached hydrogens (tertiary/aromatic N) is 2. The van der Waals surface area contributed by atoms with Crippen molar-refractivity contribution in [2.24, 2.45) is 0 Å². The molecule has 0 atom stereocenters. The Morgan fingerprint density at radius 1 is 1.10 bits per heavy atom. The zero-order valence-corrected chi connectivity index (χ0v) is 17.2. The second kappa shape index (κ2) is 10.1. The Morgan fingerprint density at radius 3 is 2.59 bits per heavy atom. The molecule has 6 heteroatoms. The minimum atomic E-state index is -0.140. The van der Waals surface area contributed by atoms with Crippen molar-refractivity contribution >= 4 is 11.8 Å². The molecule has 2 aromatic rings. The first-order chi connectivity index (χ1) is 14.1. The lowest BCUT2D eigenvalue weighted by atomic mass is 10.1. The van der Waals surface area contributed by atoms with Crippen LogP contribution in [0, 0.1) is 6.92 Å². The van der Waals surface area contributed by atoms with E-state index in [1.54, 1.807) is 11.0 Å². The van der Waals surface area contributed by atoms with Crippen molar-refractivity contribution in [3.05, 3.63) is 65.2 Å². The average molecular weight is 396 g/mol. The van der Waals surface area contributed by atoms with E-state index in [2.05, 4.69) is 5.32 Å². The van der Waals surface area contributed by atoms with Gasteiger partial charge in [-0.2, -0.15) is 0 Å². The predicted octanol–water partition coefficient (Wildman–Crippen LogP) is 2.47. The number of rotatable bonds is 7. The van der Waals surface area contributed by atoms with Gasteiger partial charge in [-0.3, -0.25) is 9.59 Å². The summed E-state index contributed by atoms with van der Waals surface area (Å²) in [4.78, 5) is 29.5. The first kappa shape index (κ1) is 20.9. The smallest absolute Gasteiger partial charge is 0.254 e. The first-order valence-electron chi connectivity index (χ1n) is 10.1. The number of carbonyl (C=O) groups is 2. The molecule has 1 fully saturated rings. The van der Waals surface area contributed by atoms with Crippen LogP contribution in [0.3, 0.4) is 0 Å². The van der Waals surface area contributed by atoms with E-state index in [9.17, 15) is 9.59 Å². The highest BCUT2D eigenvalue weighted by molar-refractivity contribution is 5.96. The summed E-state index contributed by atoms with van der Waals surface area (Å²) in [6.45, 7) is 7.80. The normalized spacial score (nSPS) is 13.8. The molecule has 154 valence electrons. The largest absolute Gasteiger partial charge is 0.494 e. The highest BCUT2D eigenvalue weighted by atomic mass is 16.5. The molecule has 0 bridgehead atoms. The molecule has 0 saturated carbocycles. The number of hydrogen-bond donors (Lipinski definition) is 1. The van der Waals surface area contributed by atoms with Crippen LogP contribution in [0.15, 0.2) is 48.5 Å². The van der Waals surface area contributed by atoms with Crippen molar-refractivity contribution in [3.8, 4) is 5.75 Å². The van der Waals surface area contributed by atoms with Gasteiger partial charge in [-0.05, 0) is 43.7 Å². The summed E-state index contributed by atoms with van der Waals surface area (Å²) in [5.41, 5.74) is 2.55. The molecule has 2 aromatic carbocycles. The maximum atomic E-state index is 13.2. The number of aryl methyl sites for hydroxylation is 1. The van der Waals surface area contributed by atoms with Gasteiger partial charge in [0.05, 0.1) is 6.61 Å². The number of amides is 2. The van der Waals surface area contributed by atoms with Gasteiger partial charge in [0.15, 0.2) is 0 Å². The van der Waals surface area contributed by atoms with Crippen LogP contribution in [0.5, 0.6) is 5.75 Å². The number of benzene rings is 2. The topological polar surface area (TPSA) is 61.9 Å². The standard InChI is InChI=1S/C23H29N3O3/c1-3-29-21-9-5-7-19(15-21)16-26(17-22(27)25-12-10-24-11-13-25)23(28)20-8-4-6-18(2)14-20/h4-9,14-15,24H,3,10-13,16-17H2,1-2H3. The monoisotopic (exact) mass is 395 g/mol. The number of ether oxygens (including phenoxy) is 1. The highest BCUT2D eigenvalue weighted by Gasteiger charge is 2.23. The number of nitrogens with one attached hydrogen (secondary N) is 1. The van der Waals surface area contributed by atoms with Crippen molar-refractivity contribution in [2.45, 2.75) is 20.4 Å². The van der Waals surface area contributed by atoms with E-state index in [0.717, 1.165) is 30.0 Å². The van der Waals surface area contributed by atoms with Crippen LogP contribution >= 0.6 is 0 Å². The molecule has 3 rings (SSSR count). The Morgan fingerprint density at radius 2 is 1.86 bits per heavy atom. The van der Waals surface area contributed by atoms with Gasteiger partial charge in [-0.15, -0.1) is 0 Å². The van der Waals surface area contributed by atoms with Crippen LogP contribution in [-0.4, -0.2) is 60.9 Å². The molecule has 1 saturated heterocycles. The van der Waals surface area contributed by atoms with Gasteiger partial charge in [0.1, 0.15) is 12.3 Å². The fourth-order valence-corrected chi connectivity index (χ4v) is 3.46. The van der Waals surface area contributed by atoms with Crippen LogP contribution in [0.2, 0.25) is 0 Å². The predicted molar refractivity (Wildman–Crippen MR) is 113 cm³/mol. The van der Waals surface area contributed by atoms with Gasteiger partial charge in [-0.1, -0.05) is 29.8 Å². The van der Waals surface area contributed by atoms with E-state index in [1.807, 2.05) is 61.2 Å². The quantitative estimate of drug-likeness (QED) is 0.782. The Balaban J connectivity index is 1.81. The summed E-state index contributed by atoms with van der Waals surface area (Å²) >= 11 is 0. The Kier molecular flexibility index (Phi) is 7.25. The minimum absolute atomic E-state index is 0.0199. The van der Waals surface area contributed by atoms with E-state index in [0.29, 0.717) is 31.8 Å². The number of carbonyl (C=O) groups excluding carboxylic acids is 2. The van der Waals surface area contributed by atoms with Crippen molar-refractivity contribution in [3.63, 3.8) is 0 Å². The molecular weight excluding hydrogens is 366 g/mol. The van der Waals surface area contributed by atoms with E-state index in [1.165, 1.54) is 0 Å². The number of piperazine rings is 1. The van der Waals surface area contributed by atoms with E-state index in [-0.39, 0.29) is 18.4 Å². The molecule has 29 heavy (non-hydrogen) atoms. The summed E-state index contributed by atoms with van der Waals surface area (Å²) in [5, 5.41) is 3.25. The molecule has 0 unspecified atom stereocenters. The molecule has 0 aromatic heterocycles. The lowest BCUT2D eigenvalue weighted by Crippen LogP contribution is -2.50. The molecule has 2 amide bonds. The molecule has 1 N–H and O–H groups in total. The molecule has 1 heterocycles. The molecule has 0 spiro atoms. The summed E-state index contributed by atoms with van der Waals surface area (Å²) in [6, 6.07) is 15.2. The van der Waals surface area contributed by atoms with Crippen molar-refractivity contribution in [1.29, 1.82) is 0 Å². The molecule has 0 aliphatic carbocycles. The Bertz CT molecular complexity index is 847. The van der Waals surface area contributed by atoms with E-state index in [4.69, 9.17) is 4.74 Å². The molecule has 0 radical (unpaired) electrons. The van der Waals surface area contributed by atoms with Gasteiger partial charge < -0.3 is 19.9 Å². The lowest BCUT2D eigenvalue weighted by molar-refractivity contribution is -0.132. The zero-order valence-electron chi connectivity index (χ0n) is 17.2. The third-order valence-corrected chi connectivity index (χ3v) is 4.93. The second-order valence-corrected chi connectivity index (χ2v) is 7.24. The number of hydrogen-bond acceptors (Lipinski definition) is 4.